The number of carbonyl (C=O) groups excluding carboxylic acids is 1. The third-order valence-electron chi connectivity index (χ3n) is 2.22. The maximum atomic E-state index is 12.9. The first-order valence-electron chi connectivity index (χ1n) is 5.37. The Morgan fingerprint density at radius 3 is 2.88 bits per heavy atom. The van der Waals surface area contributed by atoms with E-state index in [0.29, 0.717) is 6.61 Å². The fourth-order valence-corrected chi connectivity index (χ4v) is 1.30. The molecule has 0 fully saturated rings. The van der Waals surface area contributed by atoms with Crippen LogP contribution < -0.4 is 5.73 Å². The molecule has 0 atom stereocenters. The van der Waals surface area contributed by atoms with Gasteiger partial charge >= 0.3 is 5.97 Å². The second-order valence-corrected chi connectivity index (χ2v) is 3.57. The number of unbranched alkanes of at least 4 members (excludes halogenated alkanes) is 2. The molecule has 0 aromatic heterocycles. The van der Waals surface area contributed by atoms with Crippen molar-refractivity contribution in [1.29, 1.82) is 0 Å². The van der Waals surface area contributed by atoms with Crippen LogP contribution in [0.25, 0.3) is 0 Å². The Morgan fingerprint density at radius 1 is 1.44 bits per heavy atom. The molecule has 16 heavy (non-hydrogen) atoms. The number of halogens is 1. The van der Waals surface area contributed by atoms with Crippen LogP contribution in [0.3, 0.4) is 0 Å². The molecule has 0 bridgehead atoms. The van der Waals surface area contributed by atoms with E-state index in [2.05, 4.69) is 6.92 Å². The second-order valence-electron chi connectivity index (χ2n) is 3.57. The normalized spacial score (nSPS) is 10.1. The van der Waals surface area contributed by atoms with Crippen molar-refractivity contribution in [3.63, 3.8) is 0 Å². The minimum atomic E-state index is -0.562. The molecule has 1 aromatic carbocycles. The van der Waals surface area contributed by atoms with Gasteiger partial charge in [-0.1, -0.05) is 19.8 Å². The van der Waals surface area contributed by atoms with E-state index in [1.165, 1.54) is 12.1 Å². The minimum Gasteiger partial charge on any atom is -0.462 e. The molecular formula is C12H16FNO2. The summed E-state index contributed by atoms with van der Waals surface area (Å²) in [7, 11) is 0. The number of carbonyl (C=O) groups is 1. The molecule has 0 heterocycles. The van der Waals surface area contributed by atoms with Gasteiger partial charge in [0.15, 0.2) is 0 Å². The predicted molar refractivity (Wildman–Crippen MR) is 60.6 cm³/mol. The number of ether oxygens (including phenoxy) is 1. The molecule has 3 nitrogen and oxygen atoms in total. The molecule has 0 saturated carbocycles. The summed E-state index contributed by atoms with van der Waals surface area (Å²) in [6.45, 7) is 2.41. The quantitative estimate of drug-likeness (QED) is 0.476. The van der Waals surface area contributed by atoms with Crippen molar-refractivity contribution in [3.8, 4) is 0 Å². The number of hydrogen-bond donors (Lipinski definition) is 1. The molecule has 0 aliphatic heterocycles. The van der Waals surface area contributed by atoms with Crippen LogP contribution in [-0.2, 0) is 4.74 Å². The lowest BCUT2D eigenvalue weighted by atomic mass is 10.2. The number of benzene rings is 1. The van der Waals surface area contributed by atoms with Crippen molar-refractivity contribution < 1.29 is 13.9 Å². The number of esters is 1. The van der Waals surface area contributed by atoms with Crippen LogP contribution >= 0.6 is 0 Å². The van der Waals surface area contributed by atoms with Crippen LogP contribution in [0.4, 0.5) is 10.1 Å². The molecule has 0 radical (unpaired) electrons. The van der Waals surface area contributed by atoms with Gasteiger partial charge < -0.3 is 10.5 Å². The summed E-state index contributed by atoms with van der Waals surface area (Å²) in [4.78, 5) is 11.5. The van der Waals surface area contributed by atoms with Crippen LogP contribution in [0.2, 0.25) is 0 Å². The standard InChI is InChI=1S/C12H16FNO2/c1-2-3-4-7-16-12(15)10-8-9(13)5-6-11(10)14/h5-6,8H,2-4,7,14H2,1H3. The van der Waals surface area contributed by atoms with Crippen molar-refractivity contribution in [2.24, 2.45) is 0 Å². The van der Waals surface area contributed by atoms with Crippen LogP contribution in [0, 0.1) is 5.82 Å². The highest BCUT2D eigenvalue weighted by Gasteiger charge is 2.11. The van der Waals surface area contributed by atoms with E-state index >= 15 is 0 Å². The lowest BCUT2D eigenvalue weighted by molar-refractivity contribution is 0.0499. The van der Waals surface area contributed by atoms with Crippen molar-refractivity contribution in [2.45, 2.75) is 26.2 Å². The highest BCUT2D eigenvalue weighted by atomic mass is 19.1. The number of nitrogens with two attached hydrogens (primary N) is 1. The van der Waals surface area contributed by atoms with Gasteiger partial charge in [-0.2, -0.15) is 0 Å². The molecule has 0 spiro atoms. The van der Waals surface area contributed by atoms with Crippen LogP contribution in [-0.4, -0.2) is 12.6 Å². The van der Waals surface area contributed by atoms with E-state index in [4.69, 9.17) is 10.5 Å². The highest BCUT2D eigenvalue weighted by molar-refractivity contribution is 5.95. The number of hydrogen-bond acceptors (Lipinski definition) is 3. The number of anilines is 1. The van der Waals surface area contributed by atoms with Gasteiger partial charge in [0.1, 0.15) is 5.82 Å². The van der Waals surface area contributed by atoms with Gasteiger partial charge in [0.2, 0.25) is 0 Å². The summed E-state index contributed by atoms with van der Waals surface area (Å²) >= 11 is 0. The summed E-state index contributed by atoms with van der Waals surface area (Å²) in [5.74, 6) is -1.05. The van der Waals surface area contributed by atoms with Crippen molar-refractivity contribution >= 4 is 11.7 Å². The van der Waals surface area contributed by atoms with E-state index in [9.17, 15) is 9.18 Å². The molecule has 2 N–H and O–H groups in total. The molecule has 88 valence electrons. The Morgan fingerprint density at radius 2 is 2.19 bits per heavy atom. The predicted octanol–water partition coefficient (Wildman–Crippen LogP) is 2.75. The van der Waals surface area contributed by atoms with Gasteiger partial charge in [0, 0.05) is 5.69 Å². The molecule has 0 amide bonds. The monoisotopic (exact) mass is 225 g/mol. The van der Waals surface area contributed by atoms with E-state index in [1.54, 1.807) is 0 Å². The third-order valence-corrected chi connectivity index (χ3v) is 2.22. The first kappa shape index (κ1) is 12.5. The van der Waals surface area contributed by atoms with Crippen molar-refractivity contribution in [2.75, 3.05) is 12.3 Å². The smallest absolute Gasteiger partial charge is 0.340 e. The molecule has 4 heteroatoms. The average molecular weight is 225 g/mol. The van der Waals surface area contributed by atoms with Crippen LogP contribution in [0.15, 0.2) is 18.2 Å². The molecular weight excluding hydrogens is 209 g/mol. The van der Waals surface area contributed by atoms with Crippen molar-refractivity contribution in [1.82, 2.24) is 0 Å². The maximum absolute atomic E-state index is 12.9. The van der Waals surface area contributed by atoms with Gasteiger partial charge in [-0.25, -0.2) is 9.18 Å². The maximum Gasteiger partial charge on any atom is 0.340 e. The fourth-order valence-electron chi connectivity index (χ4n) is 1.30. The summed E-state index contributed by atoms with van der Waals surface area (Å²) in [6, 6.07) is 3.67. The van der Waals surface area contributed by atoms with Crippen LogP contribution in [0.1, 0.15) is 36.5 Å². The molecule has 0 saturated heterocycles. The summed E-state index contributed by atoms with van der Waals surface area (Å²) in [5.41, 5.74) is 5.89. The SMILES string of the molecule is CCCCCOC(=O)c1cc(F)ccc1N. The highest BCUT2D eigenvalue weighted by Crippen LogP contribution is 2.14. The summed E-state index contributed by atoms with van der Waals surface area (Å²) < 4.78 is 17.9. The van der Waals surface area contributed by atoms with Gasteiger partial charge in [-0.3, -0.25) is 0 Å². The zero-order chi connectivity index (χ0) is 12.0. The molecule has 1 rings (SSSR count). The van der Waals surface area contributed by atoms with Gasteiger partial charge in [0.25, 0.3) is 0 Å². The molecule has 1 aromatic rings. The van der Waals surface area contributed by atoms with Crippen LogP contribution in [0.5, 0.6) is 0 Å². The fraction of sp³-hybridized carbons (Fsp3) is 0.417. The zero-order valence-corrected chi connectivity index (χ0v) is 9.33. The number of rotatable bonds is 5. The Balaban J connectivity index is 2.55. The lowest BCUT2D eigenvalue weighted by Crippen LogP contribution is -2.09. The van der Waals surface area contributed by atoms with E-state index in [1.807, 2.05) is 0 Å². The first-order chi connectivity index (χ1) is 7.65. The molecule has 0 aliphatic carbocycles. The Bertz CT molecular complexity index is 366. The Kier molecular flexibility index (Phi) is 4.76. The Labute approximate surface area is 94.4 Å². The number of nitrogen functional groups attached to an aromatic ring is 1. The van der Waals surface area contributed by atoms with Gasteiger partial charge in [0.05, 0.1) is 12.2 Å². The third kappa shape index (κ3) is 3.53. The van der Waals surface area contributed by atoms with E-state index in [-0.39, 0.29) is 11.3 Å². The largest absolute Gasteiger partial charge is 0.462 e. The van der Waals surface area contributed by atoms with Gasteiger partial charge in [-0.05, 0) is 24.6 Å². The second kappa shape index (κ2) is 6.10. The van der Waals surface area contributed by atoms with E-state index in [0.717, 1.165) is 25.3 Å². The molecule has 0 aliphatic rings. The first-order valence-corrected chi connectivity index (χ1v) is 5.37. The topological polar surface area (TPSA) is 52.3 Å². The van der Waals surface area contributed by atoms with Gasteiger partial charge in [-0.15, -0.1) is 0 Å². The average Bonchev–Trinajstić information content (AvgIpc) is 2.27. The van der Waals surface area contributed by atoms with Crippen molar-refractivity contribution in [3.05, 3.63) is 29.6 Å². The van der Waals surface area contributed by atoms with E-state index < -0.39 is 11.8 Å². The Hall–Kier alpha value is -1.58. The zero-order valence-electron chi connectivity index (χ0n) is 9.33. The lowest BCUT2D eigenvalue weighted by Gasteiger charge is -2.06. The summed E-state index contributed by atoms with van der Waals surface area (Å²) in [6.07, 6.45) is 2.88. The minimum absolute atomic E-state index is 0.0940. The summed E-state index contributed by atoms with van der Waals surface area (Å²) in [5, 5.41) is 0. The molecule has 0 unspecified atom stereocenters.